The van der Waals surface area contributed by atoms with Gasteiger partial charge in [0.05, 0.1) is 42.3 Å². The highest BCUT2D eigenvalue weighted by atomic mass is 32.2. The molecule has 0 fully saturated rings. The smallest absolute Gasteiger partial charge is 0.269 e. The fourth-order valence-corrected chi connectivity index (χ4v) is 4.63. The Bertz CT molecular complexity index is 1190. The molecule has 158 valence electrons. The zero-order valence-corrected chi connectivity index (χ0v) is 17.4. The number of benzene rings is 1. The van der Waals surface area contributed by atoms with Crippen LogP contribution in [0.3, 0.4) is 0 Å². The molecule has 2 N–H and O–H groups in total. The number of nitrogens with one attached hydrogen (secondary N) is 2. The maximum Gasteiger partial charge on any atom is 0.269 e. The van der Waals surface area contributed by atoms with Crippen LogP contribution >= 0.6 is 0 Å². The monoisotopic (exact) mass is 430 g/mol. The minimum absolute atomic E-state index is 0.120. The van der Waals surface area contributed by atoms with Crippen LogP contribution in [0.2, 0.25) is 0 Å². The van der Waals surface area contributed by atoms with Crippen LogP contribution in [0.5, 0.6) is 0 Å². The van der Waals surface area contributed by atoms with E-state index >= 15 is 0 Å². The molecule has 0 saturated heterocycles. The van der Waals surface area contributed by atoms with Crippen molar-refractivity contribution >= 4 is 38.3 Å². The predicted octanol–water partition coefficient (Wildman–Crippen LogP) is 2.06. The summed E-state index contributed by atoms with van der Waals surface area (Å²) in [7, 11) is -2.23. The lowest BCUT2D eigenvalue weighted by molar-refractivity contribution is -0.122. The third kappa shape index (κ3) is 3.42. The number of nitrogens with zero attached hydrogens (tertiary/aromatic N) is 2. The van der Waals surface area contributed by atoms with E-state index < -0.39 is 15.6 Å². The predicted molar refractivity (Wildman–Crippen MR) is 112 cm³/mol. The SMILES string of the molecule is COCCOCC1(C)Nc2c(cnc3c2ccn3S(=O)(=O)c2ccccc2)NC1=O. The maximum absolute atomic E-state index is 13.1. The van der Waals surface area contributed by atoms with E-state index in [0.717, 1.165) is 3.97 Å². The number of hydrogen-bond donors (Lipinski definition) is 2. The first-order chi connectivity index (χ1) is 14.4. The Morgan fingerprint density at radius 3 is 2.67 bits per heavy atom. The standard InChI is InChI=1S/C20H22N4O5S/c1-20(13-29-11-10-28-2)19(25)22-16-12-21-18-15(17(16)23-20)8-9-24(18)30(26,27)14-6-4-3-5-7-14/h3-9,12,23H,10-11,13H2,1-2H3,(H,22,25). The fourth-order valence-electron chi connectivity index (χ4n) is 3.31. The third-order valence-electron chi connectivity index (χ3n) is 4.95. The van der Waals surface area contributed by atoms with Crippen LogP contribution in [-0.2, 0) is 24.3 Å². The summed E-state index contributed by atoms with van der Waals surface area (Å²) in [5.74, 6) is -0.259. The Morgan fingerprint density at radius 2 is 1.93 bits per heavy atom. The Balaban J connectivity index is 1.72. The van der Waals surface area contributed by atoms with Crippen molar-refractivity contribution in [2.45, 2.75) is 17.4 Å². The molecule has 0 radical (unpaired) electrons. The van der Waals surface area contributed by atoms with Crippen LogP contribution in [0, 0.1) is 0 Å². The van der Waals surface area contributed by atoms with Crippen molar-refractivity contribution in [1.82, 2.24) is 8.96 Å². The number of ether oxygens (including phenoxy) is 2. The molecule has 4 rings (SSSR count). The Morgan fingerprint density at radius 1 is 1.17 bits per heavy atom. The first-order valence-corrected chi connectivity index (χ1v) is 10.8. The largest absolute Gasteiger partial charge is 0.382 e. The van der Waals surface area contributed by atoms with Gasteiger partial charge in [-0.1, -0.05) is 18.2 Å². The van der Waals surface area contributed by atoms with Crippen molar-refractivity contribution in [3.8, 4) is 0 Å². The van der Waals surface area contributed by atoms with Gasteiger partial charge in [-0.2, -0.15) is 0 Å². The molecule has 1 atom stereocenters. The molecule has 1 amide bonds. The Kier molecular flexibility index (Phi) is 5.22. The number of aromatic nitrogens is 2. The molecule has 0 spiro atoms. The molecule has 1 aliphatic heterocycles. The molecule has 0 bridgehead atoms. The van der Waals surface area contributed by atoms with Crippen molar-refractivity contribution in [2.75, 3.05) is 37.6 Å². The van der Waals surface area contributed by atoms with Gasteiger partial charge in [0, 0.05) is 18.7 Å². The highest BCUT2D eigenvalue weighted by molar-refractivity contribution is 7.90. The van der Waals surface area contributed by atoms with E-state index in [2.05, 4.69) is 15.6 Å². The van der Waals surface area contributed by atoms with Gasteiger partial charge in [0.1, 0.15) is 5.54 Å². The number of amides is 1. The summed E-state index contributed by atoms with van der Waals surface area (Å²) >= 11 is 0. The summed E-state index contributed by atoms with van der Waals surface area (Å²) in [5.41, 5.74) is 0.315. The van der Waals surface area contributed by atoms with Crippen molar-refractivity contribution in [1.29, 1.82) is 0 Å². The first kappa shape index (κ1) is 20.3. The van der Waals surface area contributed by atoms with E-state index in [9.17, 15) is 13.2 Å². The molecule has 0 aliphatic carbocycles. The van der Waals surface area contributed by atoms with Crippen LogP contribution in [0.4, 0.5) is 11.4 Å². The summed E-state index contributed by atoms with van der Waals surface area (Å²) in [4.78, 5) is 17.1. The fraction of sp³-hybridized carbons (Fsp3) is 0.300. The molecule has 1 aromatic carbocycles. The van der Waals surface area contributed by atoms with Crippen LogP contribution in [0.15, 0.2) is 53.7 Å². The van der Waals surface area contributed by atoms with Gasteiger partial charge in [-0.05, 0) is 25.1 Å². The minimum atomic E-state index is -3.81. The number of fused-ring (bicyclic) bond motifs is 3. The second-order valence-electron chi connectivity index (χ2n) is 7.17. The number of rotatable bonds is 7. The van der Waals surface area contributed by atoms with Gasteiger partial charge in [0.15, 0.2) is 5.65 Å². The van der Waals surface area contributed by atoms with E-state index in [0.29, 0.717) is 30.0 Å². The van der Waals surface area contributed by atoms with Gasteiger partial charge in [-0.25, -0.2) is 17.4 Å². The second-order valence-corrected chi connectivity index (χ2v) is 8.99. The van der Waals surface area contributed by atoms with E-state index in [4.69, 9.17) is 9.47 Å². The van der Waals surface area contributed by atoms with E-state index in [1.165, 1.54) is 24.5 Å². The van der Waals surface area contributed by atoms with E-state index in [1.807, 2.05) is 0 Å². The number of pyridine rings is 1. The molecule has 10 heteroatoms. The molecular weight excluding hydrogens is 408 g/mol. The Hall–Kier alpha value is -2.95. The van der Waals surface area contributed by atoms with Gasteiger partial charge in [-0.15, -0.1) is 0 Å². The zero-order valence-electron chi connectivity index (χ0n) is 16.6. The molecule has 0 saturated carbocycles. The van der Waals surface area contributed by atoms with Crippen molar-refractivity contribution in [3.63, 3.8) is 0 Å². The van der Waals surface area contributed by atoms with Gasteiger partial charge >= 0.3 is 0 Å². The molecule has 3 heterocycles. The molecule has 1 unspecified atom stereocenters. The number of methoxy groups -OCH3 is 1. The summed E-state index contributed by atoms with van der Waals surface area (Å²) in [6.07, 6.45) is 2.91. The molecule has 9 nitrogen and oxygen atoms in total. The number of carbonyl (C=O) groups is 1. The maximum atomic E-state index is 13.1. The number of carbonyl (C=O) groups excluding carboxylic acids is 1. The number of hydrogen-bond acceptors (Lipinski definition) is 7. The third-order valence-corrected chi connectivity index (χ3v) is 6.63. The van der Waals surface area contributed by atoms with Crippen molar-refractivity contribution in [3.05, 3.63) is 48.8 Å². The molecular formula is C20H22N4O5S. The first-order valence-electron chi connectivity index (χ1n) is 9.34. The minimum Gasteiger partial charge on any atom is -0.382 e. The van der Waals surface area contributed by atoms with Crippen molar-refractivity contribution in [2.24, 2.45) is 0 Å². The topological polar surface area (TPSA) is 112 Å². The van der Waals surface area contributed by atoms with Crippen LogP contribution in [0.25, 0.3) is 11.0 Å². The van der Waals surface area contributed by atoms with Gasteiger partial charge in [-0.3, -0.25) is 4.79 Å². The Labute approximate surface area is 174 Å². The lowest BCUT2D eigenvalue weighted by atomic mass is 9.98. The van der Waals surface area contributed by atoms with Crippen LogP contribution in [0.1, 0.15) is 6.92 Å². The summed E-state index contributed by atoms with van der Waals surface area (Å²) in [6.45, 7) is 2.62. The van der Waals surface area contributed by atoms with Gasteiger partial charge in [0.25, 0.3) is 15.9 Å². The second kappa shape index (κ2) is 7.71. The summed E-state index contributed by atoms with van der Waals surface area (Å²) in [6, 6.07) is 9.82. The van der Waals surface area contributed by atoms with E-state index in [1.54, 1.807) is 38.3 Å². The number of anilines is 2. The van der Waals surface area contributed by atoms with Crippen LogP contribution < -0.4 is 10.6 Å². The lowest BCUT2D eigenvalue weighted by Gasteiger charge is -2.35. The highest BCUT2D eigenvalue weighted by Crippen LogP contribution is 2.37. The van der Waals surface area contributed by atoms with Crippen LogP contribution in [-0.4, -0.2) is 55.8 Å². The summed E-state index contributed by atoms with van der Waals surface area (Å²) in [5, 5.41) is 6.63. The zero-order chi connectivity index (χ0) is 21.4. The van der Waals surface area contributed by atoms with Crippen molar-refractivity contribution < 1.29 is 22.7 Å². The van der Waals surface area contributed by atoms with Gasteiger partial charge < -0.3 is 20.1 Å². The molecule has 3 aromatic rings. The molecule has 2 aromatic heterocycles. The average Bonchev–Trinajstić information content (AvgIpc) is 3.18. The molecule has 1 aliphatic rings. The average molecular weight is 430 g/mol. The normalized spacial score (nSPS) is 18.7. The van der Waals surface area contributed by atoms with Gasteiger partial charge in [0.2, 0.25) is 0 Å². The van der Waals surface area contributed by atoms with E-state index in [-0.39, 0.29) is 23.1 Å². The quantitative estimate of drug-likeness (QED) is 0.552. The lowest BCUT2D eigenvalue weighted by Crippen LogP contribution is -2.53. The highest BCUT2D eigenvalue weighted by Gasteiger charge is 2.39. The molecule has 30 heavy (non-hydrogen) atoms. The summed E-state index contributed by atoms with van der Waals surface area (Å²) < 4.78 is 37.8.